The number of likely N-dealkylation sites (N-methyl/N-ethyl adjacent to an activating group) is 1. The molecule has 0 saturated carbocycles. The van der Waals surface area contributed by atoms with E-state index in [2.05, 4.69) is 15.9 Å². The van der Waals surface area contributed by atoms with Crippen molar-refractivity contribution in [2.75, 3.05) is 26.7 Å². The van der Waals surface area contributed by atoms with Gasteiger partial charge in [0.15, 0.2) is 0 Å². The van der Waals surface area contributed by atoms with Gasteiger partial charge < -0.3 is 10.0 Å². The van der Waals surface area contributed by atoms with Crippen LogP contribution in [-0.2, 0) is 11.3 Å². The second kappa shape index (κ2) is 7.20. The first kappa shape index (κ1) is 15.5. The van der Waals surface area contributed by atoms with E-state index in [0.29, 0.717) is 19.6 Å². The maximum absolute atomic E-state index is 12.2. The molecule has 1 fully saturated rings. The van der Waals surface area contributed by atoms with E-state index in [9.17, 15) is 9.90 Å². The summed E-state index contributed by atoms with van der Waals surface area (Å²) in [4.78, 5) is 16.0. The van der Waals surface area contributed by atoms with Gasteiger partial charge in [0.25, 0.3) is 0 Å². The second-order valence-electron chi connectivity index (χ2n) is 5.37. The van der Waals surface area contributed by atoms with Crippen LogP contribution in [0.4, 0.5) is 0 Å². The van der Waals surface area contributed by atoms with Gasteiger partial charge in [-0.25, -0.2) is 0 Å². The molecule has 0 radical (unpaired) electrons. The largest absolute Gasteiger partial charge is 0.392 e. The molecule has 1 saturated heterocycles. The zero-order chi connectivity index (χ0) is 14.5. The standard InChI is InChI=1S/C15H21BrN2O2/c1-17(9-12-5-2-3-7-14(12)16)15(20)11-18-8-4-6-13(19)10-18/h2-3,5,7,13,19H,4,6,8-11H2,1H3/t13-/m0/s1. The first-order valence-corrected chi connectivity index (χ1v) is 7.73. The van der Waals surface area contributed by atoms with Gasteiger partial charge in [-0.2, -0.15) is 0 Å². The maximum atomic E-state index is 12.2. The van der Waals surface area contributed by atoms with Crippen LogP contribution >= 0.6 is 15.9 Å². The minimum Gasteiger partial charge on any atom is -0.392 e. The number of carbonyl (C=O) groups is 1. The predicted molar refractivity (Wildman–Crippen MR) is 82.3 cm³/mol. The molecule has 5 heteroatoms. The lowest BCUT2D eigenvalue weighted by molar-refractivity contribution is -0.132. The summed E-state index contributed by atoms with van der Waals surface area (Å²) in [6, 6.07) is 7.93. The van der Waals surface area contributed by atoms with Crippen molar-refractivity contribution in [3.05, 3.63) is 34.3 Å². The smallest absolute Gasteiger partial charge is 0.236 e. The van der Waals surface area contributed by atoms with E-state index in [0.717, 1.165) is 29.4 Å². The number of aliphatic hydroxyl groups excluding tert-OH is 1. The number of halogens is 1. The molecule has 1 N–H and O–H groups in total. The van der Waals surface area contributed by atoms with E-state index in [1.165, 1.54) is 0 Å². The molecule has 1 amide bonds. The summed E-state index contributed by atoms with van der Waals surface area (Å²) in [6.07, 6.45) is 1.52. The number of carbonyl (C=O) groups excluding carboxylic acids is 1. The Labute approximate surface area is 128 Å². The molecule has 0 aromatic heterocycles. The van der Waals surface area contributed by atoms with Crippen molar-refractivity contribution in [2.45, 2.75) is 25.5 Å². The Bertz CT molecular complexity index is 467. The summed E-state index contributed by atoms with van der Waals surface area (Å²) in [7, 11) is 1.82. The van der Waals surface area contributed by atoms with Crippen LogP contribution < -0.4 is 0 Å². The van der Waals surface area contributed by atoms with E-state index in [-0.39, 0.29) is 12.0 Å². The quantitative estimate of drug-likeness (QED) is 0.909. The van der Waals surface area contributed by atoms with Crippen LogP contribution in [0.15, 0.2) is 28.7 Å². The summed E-state index contributed by atoms with van der Waals surface area (Å²) in [6.45, 7) is 2.48. The molecule has 0 spiro atoms. The van der Waals surface area contributed by atoms with Crippen LogP contribution in [0.1, 0.15) is 18.4 Å². The fraction of sp³-hybridized carbons (Fsp3) is 0.533. The number of aliphatic hydroxyl groups is 1. The van der Waals surface area contributed by atoms with E-state index in [4.69, 9.17) is 0 Å². The molecule has 0 unspecified atom stereocenters. The molecule has 110 valence electrons. The third kappa shape index (κ3) is 4.30. The number of rotatable bonds is 4. The highest BCUT2D eigenvalue weighted by Gasteiger charge is 2.21. The molecular formula is C15H21BrN2O2. The van der Waals surface area contributed by atoms with Crippen LogP contribution in [0, 0.1) is 0 Å². The van der Waals surface area contributed by atoms with Gasteiger partial charge in [-0.1, -0.05) is 34.1 Å². The van der Waals surface area contributed by atoms with Crippen molar-refractivity contribution in [3.8, 4) is 0 Å². The molecule has 1 heterocycles. The minimum absolute atomic E-state index is 0.0925. The van der Waals surface area contributed by atoms with Crippen molar-refractivity contribution in [3.63, 3.8) is 0 Å². The Morgan fingerprint density at radius 3 is 2.95 bits per heavy atom. The molecule has 1 aliphatic rings. The highest BCUT2D eigenvalue weighted by atomic mass is 79.9. The zero-order valence-electron chi connectivity index (χ0n) is 11.8. The summed E-state index contributed by atoms with van der Waals surface area (Å²) >= 11 is 3.50. The summed E-state index contributed by atoms with van der Waals surface area (Å²) < 4.78 is 1.02. The lowest BCUT2D eigenvalue weighted by Gasteiger charge is -2.30. The van der Waals surface area contributed by atoms with Gasteiger partial charge in [0.1, 0.15) is 0 Å². The summed E-state index contributed by atoms with van der Waals surface area (Å²) in [5.41, 5.74) is 1.10. The lowest BCUT2D eigenvalue weighted by atomic mass is 10.1. The van der Waals surface area contributed by atoms with E-state index in [1.807, 2.05) is 36.2 Å². The van der Waals surface area contributed by atoms with Crippen molar-refractivity contribution >= 4 is 21.8 Å². The number of hydrogen-bond acceptors (Lipinski definition) is 3. The number of piperidine rings is 1. The van der Waals surface area contributed by atoms with Gasteiger partial charge in [0.2, 0.25) is 5.91 Å². The molecule has 0 aliphatic carbocycles. The Balaban J connectivity index is 1.87. The van der Waals surface area contributed by atoms with E-state index in [1.54, 1.807) is 4.90 Å². The molecule has 2 rings (SSSR count). The molecule has 1 aliphatic heterocycles. The highest BCUT2D eigenvalue weighted by molar-refractivity contribution is 9.10. The fourth-order valence-corrected chi connectivity index (χ4v) is 2.87. The summed E-state index contributed by atoms with van der Waals surface area (Å²) in [5.74, 6) is 0.0925. The maximum Gasteiger partial charge on any atom is 0.236 e. The molecular weight excluding hydrogens is 320 g/mol. The molecule has 0 bridgehead atoms. The number of likely N-dealkylation sites (tertiary alicyclic amines) is 1. The van der Waals surface area contributed by atoms with Crippen molar-refractivity contribution in [2.24, 2.45) is 0 Å². The van der Waals surface area contributed by atoms with Crippen LogP contribution in [0.5, 0.6) is 0 Å². The second-order valence-corrected chi connectivity index (χ2v) is 6.23. The van der Waals surface area contributed by atoms with Crippen molar-refractivity contribution in [1.82, 2.24) is 9.80 Å². The Kier molecular flexibility index (Phi) is 5.57. The van der Waals surface area contributed by atoms with Gasteiger partial charge >= 0.3 is 0 Å². The Hall–Kier alpha value is -0.910. The van der Waals surface area contributed by atoms with Gasteiger partial charge in [0, 0.05) is 24.6 Å². The average molecular weight is 341 g/mol. The van der Waals surface area contributed by atoms with E-state index >= 15 is 0 Å². The first-order valence-electron chi connectivity index (χ1n) is 6.94. The minimum atomic E-state index is -0.287. The average Bonchev–Trinajstić information content (AvgIpc) is 2.41. The normalized spacial score (nSPS) is 19.9. The van der Waals surface area contributed by atoms with Gasteiger partial charge in [-0.05, 0) is 31.0 Å². The number of nitrogens with zero attached hydrogens (tertiary/aromatic N) is 2. The summed E-state index contributed by atoms with van der Waals surface area (Å²) in [5, 5.41) is 9.63. The fourth-order valence-electron chi connectivity index (χ4n) is 2.46. The Morgan fingerprint density at radius 1 is 1.50 bits per heavy atom. The molecule has 1 aromatic carbocycles. The monoisotopic (exact) mass is 340 g/mol. The topological polar surface area (TPSA) is 43.8 Å². The van der Waals surface area contributed by atoms with Gasteiger partial charge in [0.05, 0.1) is 12.6 Å². The van der Waals surface area contributed by atoms with Crippen LogP contribution in [0.3, 0.4) is 0 Å². The third-order valence-electron chi connectivity index (χ3n) is 3.63. The lowest BCUT2D eigenvalue weighted by Crippen LogP contribution is -2.44. The van der Waals surface area contributed by atoms with E-state index < -0.39 is 0 Å². The van der Waals surface area contributed by atoms with Crippen molar-refractivity contribution in [1.29, 1.82) is 0 Å². The van der Waals surface area contributed by atoms with Gasteiger partial charge in [-0.3, -0.25) is 9.69 Å². The number of hydrogen-bond donors (Lipinski definition) is 1. The number of amides is 1. The first-order chi connectivity index (χ1) is 9.56. The zero-order valence-corrected chi connectivity index (χ0v) is 13.3. The predicted octanol–water partition coefficient (Wildman–Crippen LogP) is 1.86. The van der Waals surface area contributed by atoms with Crippen LogP contribution in [0.25, 0.3) is 0 Å². The van der Waals surface area contributed by atoms with Crippen LogP contribution in [0.2, 0.25) is 0 Å². The molecule has 1 atom stereocenters. The SMILES string of the molecule is CN(Cc1ccccc1Br)C(=O)CN1CCC[C@H](O)C1. The highest BCUT2D eigenvalue weighted by Crippen LogP contribution is 2.17. The molecule has 20 heavy (non-hydrogen) atoms. The number of benzene rings is 1. The molecule has 4 nitrogen and oxygen atoms in total. The third-order valence-corrected chi connectivity index (χ3v) is 4.40. The van der Waals surface area contributed by atoms with Crippen molar-refractivity contribution < 1.29 is 9.90 Å². The van der Waals surface area contributed by atoms with Crippen LogP contribution in [-0.4, -0.2) is 53.6 Å². The van der Waals surface area contributed by atoms with Gasteiger partial charge in [-0.15, -0.1) is 0 Å². The molecule has 1 aromatic rings. The Morgan fingerprint density at radius 2 is 2.25 bits per heavy atom. The number of β-amino-alcohol motifs (C(OH)–C–C–N with tert-alkyl or cyclic N) is 1.